The average Bonchev–Trinajstić information content (AvgIpc) is 3.17. The Hall–Kier alpha value is -1.42. The van der Waals surface area contributed by atoms with Gasteiger partial charge in [-0.15, -0.1) is 11.3 Å². The highest BCUT2D eigenvalue weighted by molar-refractivity contribution is 7.11. The standard InChI is InChI=1S/C18H19NOS/c20-18-15-5-2-1-4-14(15)12-16(18)19-9-7-13(8-10-19)17-6-3-11-21-17/h1-7,11,16,18,20H,8-10,12H2. The van der Waals surface area contributed by atoms with E-state index in [9.17, 15) is 5.11 Å². The summed E-state index contributed by atoms with van der Waals surface area (Å²) in [5, 5.41) is 12.7. The molecule has 0 saturated heterocycles. The number of aliphatic hydroxyl groups is 1. The summed E-state index contributed by atoms with van der Waals surface area (Å²) in [7, 11) is 0. The number of aliphatic hydroxyl groups excluding tert-OH is 1. The van der Waals surface area contributed by atoms with Crippen molar-refractivity contribution in [1.29, 1.82) is 0 Å². The fraction of sp³-hybridized carbons (Fsp3) is 0.333. The van der Waals surface area contributed by atoms with Crippen molar-refractivity contribution in [2.75, 3.05) is 13.1 Å². The first-order valence-corrected chi connectivity index (χ1v) is 8.44. The minimum absolute atomic E-state index is 0.239. The molecule has 108 valence electrons. The number of rotatable bonds is 2. The van der Waals surface area contributed by atoms with E-state index in [4.69, 9.17) is 0 Å². The molecule has 2 atom stereocenters. The van der Waals surface area contributed by atoms with Crippen LogP contribution in [0.5, 0.6) is 0 Å². The SMILES string of the molecule is OC1c2ccccc2CC1N1CC=C(c2cccs2)CC1. The van der Waals surface area contributed by atoms with Gasteiger partial charge in [-0.3, -0.25) is 4.90 Å². The molecule has 2 aliphatic rings. The van der Waals surface area contributed by atoms with Crippen LogP contribution in [0.15, 0.2) is 47.9 Å². The molecule has 2 nitrogen and oxygen atoms in total. The smallest absolute Gasteiger partial charge is 0.0951 e. The lowest BCUT2D eigenvalue weighted by Crippen LogP contribution is -2.40. The molecule has 2 heterocycles. The topological polar surface area (TPSA) is 23.5 Å². The van der Waals surface area contributed by atoms with Gasteiger partial charge in [0.05, 0.1) is 6.10 Å². The summed E-state index contributed by atoms with van der Waals surface area (Å²) in [5.74, 6) is 0. The second-order valence-electron chi connectivity index (χ2n) is 5.87. The summed E-state index contributed by atoms with van der Waals surface area (Å²) in [5.41, 5.74) is 3.89. The van der Waals surface area contributed by atoms with Crippen LogP contribution in [0.4, 0.5) is 0 Å². The van der Waals surface area contributed by atoms with Gasteiger partial charge in [-0.05, 0) is 41.0 Å². The summed E-state index contributed by atoms with van der Waals surface area (Å²) >= 11 is 1.82. The van der Waals surface area contributed by atoms with Crippen LogP contribution >= 0.6 is 11.3 Å². The highest BCUT2D eigenvalue weighted by Crippen LogP contribution is 2.36. The van der Waals surface area contributed by atoms with Crippen LogP contribution in [0.2, 0.25) is 0 Å². The lowest BCUT2D eigenvalue weighted by Gasteiger charge is -2.33. The highest BCUT2D eigenvalue weighted by atomic mass is 32.1. The fourth-order valence-corrected chi connectivity index (χ4v) is 4.35. The quantitative estimate of drug-likeness (QED) is 0.917. The predicted molar refractivity (Wildman–Crippen MR) is 87.4 cm³/mol. The normalized spacial score (nSPS) is 25.7. The Labute approximate surface area is 129 Å². The minimum atomic E-state index is -0.335. The molecule has 2 unspecified atom stereocenters. The molecule has 1 aromatic heterocycles. The monoisotopic (exact) mass is 297 g/mol. The molecule has 2 aromatic rings. The lowest BCUT2D eigenvalue weighted by molar-refractivity contribution is 0.0670. The van der Waals surface area contributed by atoms with Crippen molar-refractivity contribution in [3.8, 4) is 0 Å². The number of fused-ring (bicyclic) bond motifs is 1. The van der Waals surface area contributed by atoms with E-state index in [0.29, 0.717) is 0 Å². The van der Waals surface area contributed by atoms with Crippen LogP contribution in [0.3, 0.4) is 0 Å². The Morgan fingerprint density at radius 1 is 1.14 bits per heavy atom. The molecule has 0 saturated carbocycles. The van der Waals surface area contributed by atoms with E-state index in [2.05, 4.69) is 46.7 Å². The number of benzene rings is 1. The fourth-order valence-electron chi connectivity index (χ4n) is 3.55. The van der Waals surface area contributed by atoms with E-state index in [1.54, 1.807) is 0 Å². The van der Waals surface area contributed by atoms with Crippen LogP contribution in [0.25, 0.3) is 5.57 Å². The Morgan fingerprint density at radius 3 is 2.76 bits per heavy atom. The second-order valence-corrected chi connectivity index (χ2v) is 6.81. The molecule has 0 amide bonds. The van der Waals surface area contributed by atoms with Crippen molar-refractivity contribution in [2.24, 2.45) is 0 Å². The Morgan fingerprint density at radius 2 is 2.05 bits per heavy atom. The van der Waals surface area contributed by atoms with Crippen molar-refractivity contribution in [1.82, 2.24) is 4.90 Å². The molecule has 0 bridgehead atoms. The number of thiophene rings is 1. The zero-order valence-corrected chi connectivity index (χ0v) is 12.7. The van der Waals surface area contributed by atoms with Crippen molar-refractivity contribution in [2.45, 2.75) is 25.0 Å². The number of nitrogens with zero attached hydrogens (tertiary/aromatic N) is 1. The molecular weight excluding hydrogens is 278 g/mol. The molecule has 1 aliphatic heterocycles. The molecule has 1 aliphatic carbocycles. The maximum absolute atomic E-state index is 10.6. The molecular formula is C18H19NOS. The molecule has 21 heavy (non-hydrogen) atoms. The summed E-state index contributed by atoms with van der Waals surface area (Å²) in [6.45, 7) is 1.99. The van der Waals surface area contributed by atoms with Gasteiger partial charge < -0.3 is 5.11 Å². The summed E-state index contributed by atoms with van der Waals surface area (Å²) in [6.07, 6.45) is 4.06. The Bertz CT molecular complexity index is 662. The highest BCUT2D eigenvalue weighted by Gasteiger charge is 2.35. The number of hydrogen-bond donors (Lipinski definition) is 1. The third-order valence-corrected chi connectivity index (χ3v) is 5.66. The molecule has 1 aromatic carbocycles. The Kier molecular flexibility index (Phi) is 3.42. The van der Waals surface area contributed by atoms with Crippen molar-refractivity contribution < 1.29 is 5.11 Å². The molecule has 1 N–H and O–H groups in total. The van der Waals surface area contributed by atoms with Gasteiger partial charge >= 0.3 is 0 Å². The zero-order valence-electron chi connectivity index (χ0n) is 11.9. The van der Waals surface area contributed by atoms with E-state index >= 15 is 0 Å². The van der Waals surface area contributed by atoms with E-state index in [1.807, 2.05) is 17.4 Å². The van der Waals surface area contributed by atoms with Gasteiger partial charge in [0, 0.05) is 24.0 Å². The first-order valence-electron chi connectivity index (χ1n) is 7.56. The first-order chi connectivity index (χ1) is 10.3. The van der Waals surface area contributed by atoms with Gasteiger partial charge in [-0.25, -0.2) is 0 Å². The predicted octanol–water partition coefficient (Wildman–Crippen LogP) is 3.50. The van der Waals surface area contributed by atoms with Gasteiger partial charge in [-0.2, -0.15) is 0 Å². The minimum Gasteiger partial charge on any atom is -0.387 e. The van der Waals surface area contributed by atoms with Crippen molar-refractivity contribution in [3.05, 3.63) is 63.9 Å². The maximum Gasteiger partial charge on any atom is 0.0951 e. The summed E-state index contributed by atoms with van der Waals surface area (Å²) < 4.78 is 0. The van der Waals surface area contributed by atoms with Gasteiger partial charge in [0.2, 0.25) is 0 Å². The van der Waals surface area contributed by atoms with Gasteiger partial charge in [-0.1, -0.05) is 36.4 Å². The third-order valence-electron chi connectivity index (χ3n) is 4.71. The van der Waals surface area contributed by atoms with E-state index < -0.39 is 0 Å². The van der Waals surface area contributed by atoms with Crippen LogP contribution in [0, 0.1) is 0 Å². The van der Waals surface area contributed by atoms with Crippen molar-refractivity contribution in [3.63, 3.8) is 0 Å². The van der Waals surface area contributed by atoms with Gasteiger partial charge in [0.1, 0.15) is 0 Å². The largest absolute Gasteiger partial charge is 0.387 e. The van der Waals surface area contributed by atoms with Crippen molar-refractivity contribution >= 4 is 16.9 Å². The van der Waals surface area contributed by atoms with E-state index in [1.165, 1.54) is 16.0 Å². The molecule has 4 rings (SSSR count). The number of hydrogen-bond acceptors (Lipinski definition) is 3. The molecule has 0 fully saturated rings. The van der Waals surface area contributed by atoms with E-state index in [-0.39, 0.29) is 12.1 Å². The van der Waals surface area contributed by atoms with Crippen LogP contribution in [0.1, 0.15) is 28.5 Å². The summed E-state index contributed by atoms with van der Waals surface area (Å²) in [4.78, 5) is 3.83. The second kappa shape index (κ2) is 5.41. The Balaban J connectivity index is 1.50. The molecule has 0 radical (unpaired) electrons. The first kappa shape index (κ1) is 13.3. The van der Waals surface area contributed by atoms with Gasteiger partial charge in [0.25, 0.3) is 0 Å². The molecule has 3 heteroatoms. The van der Waals surface area contributed by atoms with Gasteiger partial charge in [0.15, 0.2) is 0 Å². The summed E-state index contributed by atoms with van der Waals surface area (Å²) in [6, 6.07) is 12.9. The lowest BCUT2D eigenvalue weighted by atomic mass is 10.0. The molecule has 0 spiro atoms. The maximum atomic E-state index is 10.6. The average molecular weight is 297 g/mol. The van der Waals surface area contributed by atoms with Crippen LogP contribution in [-0.4, -0.2) is 29.1 Å². The van der Waals surface area contributed by atoms with Crippen LogP contribution in [-0.2, 0) is 6.42 Å². The van der Waals surface area contributed by atoms with Crippen LogP contribution < -0.4 is 0 Å². The third kappa shape index (κ3) is 2.35. The zero-order chi connectivity index (χ0) is 14.2. The van der Waals surface area contributed by atoms with E-state index in [0.717, 1.165) is 31.5 Å².